The van der Waals surface area contributed by atoms with Crippen LogP contribution < -0.4 is 5.73 Å². The number of rotatable bonds is 3. The minimum Gasteiger partial charge on any atom is -0.380 e. The molecule has 4 nitrogen and oxygen atoms in total. The number of nitrogens with two attached hydrogens (primary N) is 1. The Hall–Kier alpha value is -1.95. The van der Waals surface area contributed by atoms with Gasteiger partial charge in [0.05, 0.1) is 12.2 Å². The van der Waals surface area contributed by atoms with E-state index in [0.29, 0.717) is 0 Å². The lowest BCUT2D eigenvalue weighted by Gasteiger charge is -2.06. The normalized spacial score (nSPS) is 10.8. The van der Waals surface area contributed by atoms with Crippen LogP contribution in [-0.4, -0.2) is 12.3 Å². The second-order valence-electron chi connectivity index (χ2n) is 3.44. The molecule has 0 saturated heterocycles. The molecule has 90 valence electrons. The average Bonchev–Trinajstić information content (AvgIpc) is 2.69. The molecule has 0 radical (unpaired) electrons. The van der Waals surface area contributed by atoms with Crippen LogP contribution in [0.5, 0.6) is 0 Å². The van der Waals surface area contributed by atoms with E-state index >= 15 is 0 Å². The van der Waals surface area contributed by atoms with Gasteiger partial charge >= 0.3 is 0 Å². The Bertz CT molecular complexity index is 540. The van der Waals surface area contributed by atoms with Crippen LogP contribution in [0.25, 0.3) is 11.3 Å². The lowest BCUT2D eigenvalue weighted by atomic mass is 10.1. The number of methoxy groups -OCH3 is 1. The highest BCUT2D eigenvalue weighted by atomic mass is 19.1. The minimum atomic E-state index is -0.726. The maximum absolute atomic E-state index is 14.0. The van der Waals surface area contributed by atoms with E-state index in [1.807, 2.05) is 0 Å². The van der Waals surface area contributed by atoms with Crippen molar-refractivity contribution in [1.82, 2.24) is 5.16 Å². The zero-order valence-corrected chi connectivity index (χ0v) is 9.04. The highest BCUT2D eigenvalue weighted by molar-refractivity contribution is 5.63. The maximum atomic E-state index is 14.0. The van der Waals surface area contributed by atoms with Crippen molar-refractivity contribution < 1.29 is 18.0 Å². The molecule has 2 aromatic rings. The smallest absolute Gasteiger partial charge is 0.222 e. The monoisotopic (exact) mass is 240 g/mol. The van der Waals surface area contributed by atoms with E-state index in [-0.39, 0.29) is 29.3 Å². The molecule has 2 N–H and O–H groups in total. The molecular formula is C11H10F2N2O2. The van der Waals surface area contributed by atoms with Crippen molar-refractivity contribution in [2.24, 2.45) is 0 Å². The van der Waals surface area contributed by atoms with Gasteiger partial charge in [-0.05, 0) is 6.07 Å². The molecule has 0 atom stereocenters. The molecule has 0 bridgehead atoms. The van der Waals surface area contributed by atoms with Gasteiger partial charge in [0.25, 0.3) is 0 Å². The lowest BCUT2D eigenvalue weighted by Crippen LogP contribution is -1.98. The Labute approximate surface area is 96.0 Å². The lowest BCUT2D eigenvalue weighted by molar-refractivity contribution is 0.181. The van der Waals surface area contributed by atoms with Crippen LogP contribution in [0.3, 0.4) is 0 Å². The summed E-state index contributed by atoms with van der Waals surface area (Å²) in [5.41, 5.74) is 5.31. The predicted octanol–water partition coefficient (Wildman–Crippen LogP) is 2.35. The summed E-state index contributed by atoms with van der Waals surface area (Å²) in [7, 11) is 1.43. The van der Waals surface area contributed by atoms with Gasteiger partial charge in [0.2, 0.25) is 5.88 Å². The number of hydrogen-bond donors (Lipinski definition) is 1. The summed E-state index contributed by atoms with van der Waals surface area (Å²) < 4.78 is 36.9. The fourth-order valence-corrected chi connectivity index (χ4v) is 1.50. The number of hydrogen-bond acceptors (Lipinski definition) is 4. The summed E-state index contributed by atoms with van der Waals surface area (Å²) >= 11 is 0. The number of nitrogens with zero attached hydrogens (tertiary/aromatic N) is 1. The first-order valence-electron chi connectivity index (χ1n) is 4.82. The number of benzene rings is 1. The largest absolute Gasteiger partial charge is 0.380 e. The van der Waals surface area contributed by atoms with E-state index in [2.05, 4.69) is 9.68 Å². The van der Waals surface area contributed by atoms with Crippen LogP contribution in [0.15, 0.2) is 22.7 Å². The standard InChI is InChI=1S/C11H10F2N2O2/c1-16-5-6-2-3-7(12)10(11(6)13)8-4-9(14)17-15-8/h2-4H,5,14H2,1H3. The SMILES string of the molecule is COCc1ccc(F)c(-c2cc(N)on2)c1F. The number of nitrogen functional groups attached to an aromatic ring is 1. The molecule has 6 heteroatoms. The van der Waals surface area contributed by atoms with Crippen LogP contribution in [-0.2, 0) is 11.3 Å². The summed E-state index contributed by atoms with van der Waals surface area (Å²) in [6.07, 6.45) is 0. The van der Waals surface area contributed by atoms with Gasteiger partial charge in [0.1, 0.15) is 17.3 Å². The third-order valence-electron chi connectivity index (χ3n) is 2.26. The molecule has 0 amide bonds. The van der Waals surface area contributed by atoms with Gasteiger partial charge in [-0.1, -0.05) is 11.2 Å². The number of ether oxygens (including phenoxy) is 1. The first-order valence-corrected chi connectivity index (χ1v) is 4.82. The summed E-state index contributed by atoms with van der Waals surface area (Å²) in [5, 5.41) is 3.49. The first-order chi connectivity index (χ1) is 8.13. The van der Waals surface area contributed by atoms with Gasteiger partial charge in [-0.3, -0.25) is 0 Å². The second kappa shape index (κ2) is 4.50. The van der Waals surface area contributed by atoms with Gasteiger partial charge in [0, 0.05) is 18.7 Å². The Balaban J connectivity index is 2.55. The van der Waals surface area contributed by atoms with E-state index in [1.54, 1.807) is 0 Å². The molecule has 0 unspecified atom stereocenters. The third kappa shape index (κ3) is 2.12. The Morgan fingerprint density at radius 3 is 2.76 bits per heavy atom. The second-order valence-corrected chi connectivity index (χ2v) is 3.44. The van der Waals surface area contributed by atoms with E-state index in [4.69, 9.17) is 10.5 Å². The fourth-order valence-electron chi connectivity index (χ4n) is 1.50. The van der Waals surface area contributed by atoms with Gasteiger partial charge in [0.15, 0.2) is 0 Å². The van der Waals surface area contributed by atoms with Crippen LogP contribution in [0.1, 0.15) is 5.56 Å². The molecule has 0 aliphatic rings. The third-order valence-corrected chi connectivity index (χ3v) is 2.26. The van der Waals surface area contributed by atoms with E-state index in [0.717, 1.165) is 6.07 Å². The highest BCUT2D eigenvalue weighted by Crippen LogP contribution is 2.28. The average molecular weight is 240 g/mol. The summed E-state index contributed by atoms with van der Waals surface area (Å²) in [4.78, 5) is 0. The number of halogens is 2. The molecule has 2 rings (SSSR count). The van der Waals surface area contributed by atoms with Crippen LogP contribution in [0.2, 0.25) is 0 Å². The summed E-state index contributed by atoms with van der Waals surface area (Å²) in [5.74, 6) is -1.45. The van der Waals surface area contributed by atoms with Crippen molar-refractivity contribution in [3.8, 4) is 11.3 Å². The molecule has 0 aliphatic heterocycles. The molecule has 0 spiro atoms. The maximum Gasteiger partial charge on any atom is 0.222 e. The Kier molecular flexibility index (Phi) is 3.06. The molecule has 1 aromatic heterocycles. The topological polar surface area (TPSA) is 61.3 Å². The van der Waals surface area contributed by atoms with Crippen molar-refractivity contribution in [2.75, 3.05) is 12.8 Å². The zero-order valence-electron chi connectivity index (χ0n) is 9.04. The van der Waals surface area contributed by atoms with E-state index < -0.39 is 11.6 Å². The van der Waals surface area contributed by atoms with Gasteiger partial charge in [-0.15, -0.1) is 0 Å². The van der Waals surface area contributed by atoms with E-state index in [9.17, 15) is 8.78 Å². The van der Waals surface area contributed by atoms with Crippen molar-refractivity contribution >= 4 is 5.88 Å². The van der Waals surface area contributed by atoms with Crippen molar-refractivity contribution in [3.05, 3.63) is 35.4 Å². The van der Waals surface area contributed by atoms with Crippen LogP contribution in [0, 0.1) is 11.6 Å². The van der Waals surface area contributed by atoms with Crippen molar-refractivity contribution in [1.29, 1.82) is 0 Å². The quantitative estimate of drug-likeness (QED) is 0.894. The van der Waals surface area contributed by atoms with Gasteiger partial charge < -0.3 is 15.0 Å². The number of aromatic nitrogens is 1. The first kappa shape index (κ1) is 11.5. The molecule has 17 heavy (non-hydrogen) atoms. The Morgan fingerprint density at radius 2 is 2.18 bits per heavy atom. The molecule has 0 saturated carbocycles. The van der Waals surface area contributed by atoms with Crippen molar-refractivity contribution in [2.45, 2.75) is 6.61 Å². The summed E-state index contributed by atoms with van der Waals surface area (Å²) in [6.45, 7) is 0.0481. The number of anilines is 1. The zero-order chi connectivity index (χ0) is 12.4. The fraction of sp³-hybridized carbons (Fsp3) is 0.182. The van der Waals surface area contributed by atoms with E-state index in [1.165, 1.54) is 19.2 Å². The van der Waals surface area contributed by atoms with Crippen molar-refractivity contribution in [3.63, 3.8) is 0 Å². The molecule has 1 heterocycles. The summed E-state index contributed by atoms with van der Waals surface area (Å²) in [6, 6.07) is 3.73. The molecule has 0 aliphatic carbocycles. The Morgan fingerprint density at radius 1 is 1.41 bits per heavy atom. The molecular weight excluding hydrogens is 230 g/mol. The predicted molar refractivity (Wildman–Crippen MR) is 57.0 cm³/mol. The molecule has 0 fully saturated rings. The van der Waals surface area contributed by atoms with Gasteiger partial charge in [-0.2, -0.15) is 0 Å². The highest BCUT2D eigenvalue weighted by Gasteiger charge is 2.18. The van der Waals surface area contributed by atoms with Crippen LogP contribution in [0.4, 0.5) is 14.7 Å². The minimum absolute atomic E-state index is 0.00376. The van der Waals surface area contributed by atoms with Gasteiger partial charge in [-0.25, -0.2) is 8.78 Å². The molecule has 1 aromatic carbocycles. The van der Waals surface area contributed by atoms with Crippen LogP contribution >= 0.6 is 0 Å².